The molecule has 0 heterocycles. The van der Waals surface area contributed by atoms with E-state index in [0.717, 1.165) is 5.56 Å². The molecule has 1 aromatic rings. The van der Waals surface area contributed by atoms with Crippen LogP contribution >= 0.6 is 0 Å². The molecule has 2 N–H and O–H groups in total. The van der Waals surface area contributed by atoms with Gasteiger partial charge in [-0.25, -0.2) is 9.18 Å². The first kappa shape index (κ1) is 8.52. The van der Waals surface area contributed by atoms with E-state index in [0.29, 0.717) is 0 Å². The molecular formula is C8H8FNO2. The third-order valence-electron chi connectivity index (χ3n) is 1.36. The molecule has 0 aliphatic rings. The van der Waals surface area contributed by atoms with Crippen LogP contribution in [0.25, 0.3) is 0 Å². The van der Waals surface area contributed by atoms with E-state index in [-0.39, 0.29) is 5.69 Å². The highest BCUT2D eigenvalue weighted by molar-refractivity contribution is 5.83. The zero-order valence-corrected chi connectivity index (χ0v) is 6.47. The number of hydrogen-bond donors (Lipinski definition) is 2. The van der Waals surface area contributed by atoms with Crippen molar-refractivity contribution in [2.45, 2.75) is 6.92 Å². The van der Waals surface area contributed by atoms with Gasteiger partial charge in [-0.15, -0.1) is 0 Å². The number of amides is 1. The number of carboxylic acid groups (broad SMARTS) is 1. The maximum Gasteiger partial charge on any atom is 0.409 e. The number of benzene rings is 1. The smallest absolute Gasteiger partial charge is 0.409 e. The molecule has 0 bridgehead atoms. The van der Waals surface area contributed by atoms with Crippen molar-refractivity contribution in [2.24, 2.45) is 0 Å². The number of halogens is 1. The first-order valence-electron chi connectivity index (χ1n) is 3.35. The molecule has 0 aliphatic carbocycles. The molecule has 1 rings (SSSR count). The van der Waals surface area contributed by atoms with Crippen molar-refractivity contribution in [3.63, 3.8) is 0 Å². The Balaban J connectivity index is 2.97. The molecular weight excluding hydrogens is 161 g/mol. The van der Waals surface area contributed by atoms with Crippen molar-refractivity contribution >= 4 is 11.8 Å². The Bertz CT molecular complexity index is 312. The predicted molar refractivity (Wildman–Crippen MR) is 42.8 cm³/mol. The second-order valence-corrected chi connectivity index (χ2v) is 2.41. The highest BCUT2D eigenvalue weighted by atomic mass is 19.1. The van der Waals surface area contributed by atoms with E-state index in [4.69, 9.17) is 5.11 Å². The standard InChI is InChI=1S/C8H8FNO2/c1-5-2-3-6(9)7(4-5)10-8(11)12/h2-4,10H,1H3,(H,11,12). The molecule has 0 saturated carbocycles. The van der Waals surface area contributed by atoms with Crippen molar-refractivity contribution in [3.8, 4) is 0 Å². The summed E-state index contributed by atoms with van der Waals surface area (Å²) in [5.41, 5.74) is 0.794. The molecule has 1 amide bonds. The number of hydrogen-bond acceptors (Lipinski definition) is 1. The van der Waals surface area contributed by atoms with E-state index in [1.807, 2.05) is 5.32 Å². The summed E-state index contributed by atoms with van der Waals surface area (Å²) in [4.78, 5) is 10.2. The lowest BCUT2D eigenvalue weighted by atomic mass is 10.2. The zero-order valence-electron chi connectivity index (χ0n) is 6.47. The third kappa shape index (κ3) is 1.95. The Morgan fingerprint density at radius 1 is 1.58 bits per heavy atom. The van der Waals surface area contributed by atoms with E-state index in [1.54, 1.807) is 13.0 Å². The minimum Gasteiger partial charge on any atom is -0.465 e. The molecule has 0 saturated heterocycles. The lowest BCUT2D eigenvalue weighted by Gasteiger charge is -2.02. The molecule has 0 unspecified atom stereocenters. The zero-order chi connectivity index (χ0) is 9.14. The summed E-state index contributed by atoms with van der Waals surface area (Å²) in [6, 6.07) is 4.23. The van der Waals surface area contributed by atoms with E-state index < -0.39 is 11.9 Å². The average molecular weight is 169 g/mol. The second-order valence-electron chi connectivity index (χ2n) is 2.41. The first-order chi connectivity index (χ1) is 5.59. The largest absolute Gasteiger partial charge is 0.465 e. The van der Waals surface area contributed by atoms with Gasteiger partial charge in [-0.05, 0) is 24.6 Å². The SMILES string of the molecule is Cc1ccc(F)c(NC(=O)O)c1. The monoisotopic (exact) mass is 169 g/mol. The fourth-order valence-corrected chi connectivity index (χ4v) is 0.850. The van der Waals surface area contributed by atoms with Gasteiger partial charge in [-0.2, -0.15) is 0 Å². The highest BCUT2D eigenvalue weighted by Gasteiger charge is 2.03. The average Bonchev–Trinajstić information content (AvgIpc) is 1.96. The number of anilines is 1. The molecule has 0 atom stereocenters. The van der Waals surface area contributed by atoms with Gasteiger partial charge in [0.2, 0.25) is 0 Å². The highest BCUT2D eigenvalue weighted by Crippen LogP contribution is 2.14. The van der Waals surface area contributed by atoms with Gasteiger partial charge in [0.15, 0.2) is 0 Å². The number of carbonyl (C=O) groups is 1. The van der Waals surface area contributed by atoms with Crippen molar-refractivity contribution in [2.75, 3.05) is 5.32 Å². The van der Waals surface area contributed by atoms with E-state index in [2.05, 4.69) is 0 Å². The Hall–Kier alpha value is -1.58. The molecule has 0 spiro atoms. The Morgan fingerprint density at radius 3 is 2.83 bits per heavy atom. The summed E-state index contributed by atoms with van der Waals surface area (Å²) in [5, 5.41) is 10.3. The van der Waals surface area contributed by atoms with Crippen LogP contribution in [0.2, 0.25) is 0 Å². The van der Waals surface area contributed by atoms with Crippen LogP contribution in [0.5, 0.6) is 0 Å². The van der Waals surface area contributed by atoms with Gasteiger partial charge in [0.25, 0.3) is 0 Å². The Labute approximate surface area is 68.8 Å². The van der Waals surface area contributed by atoms with Gasteiger partial charge < -0.3 is 5.11 Å². The Kier molecular flexibility index (Phi) is 2.28. The van der Waals surface area contributed by atoms with Gasteiger partial charge >= 0.3 is 6.09 Å². The minimum absolute atomic E-state index is 0.0116. The molecule has 3 nitrogen and oxygen atoms in total. The molecule has 0 radical (unpaired) electrons. The predicted octanol–water partition coefficient (Wildman–Crippen LogP) is 2.22. The van der Waals surface area contributed by atoms with E-state index in [9.17, 15) is 9.18 Å². The lowest BCUT2D eigenvalue weighted by Crippen LogP contribution is -2.08. The van der Waals surface area contributed by atoms with Crippen LogP contribution in [0.15, 0.2) is 18.2 Å². The summed E-state index contributed by atoms with van der Waals surface area (Å²) >= 11 is 0. The fraction of sp³-hybridized carbons (Fsp3) is 0.125. The van der Waals surface area contributed by atoms with Crippen LogP contribution in [0.4, 0.5) is 14.9 Å². The van der Waals surface area contributed by atoms with Crippen molar-refractivity contribution in [1.29, 1.82) is 0 Å². The number of aryl methyl sites for hydroxylation is 1. The topological polar surface area (TPSA) is 49.3 Å². The quantitative estimate of drug-likeness (QED) is 0.677. The van der Waals surface area contributed by atoms with Crippen LogP contribution in [-0.4, -0.2) is 11.2 Å². The first-order valence-corrected chi connectivity index (χ1v) is 3.35. The van der Waals surface area contributed by atoms with E-state index in [1.165, 1.54) is 12.1 Å². The third-order valence-corrected chi connectivity index (χ3v) is 1.36. The molecule has 0 aromatic heterocycles. The molecule has 0 fully saturated rings. The van der Waals surface area contributed by atoms with Gasteiger partial charge in [0.05, 0.1) is 5.69 Å². The van der Waals surface area contributed by atoms with Gasteiger partial charge in [0.1, 0.15) is 5.82 Å². The molecule has 12 heavy (non-hydrogen) atoms. The van der Waals surface area contributed by atoms with Crippen LogP contribution in [0.1, 0.15) is 5.56 Å². The van der Waals surface area contributed by atoms with Crippen LogP contribution in [0, 0.1) is 12.7 Å². The summed E-state index contributed by atoms with van der Waals surface area (Å²) in [7, 11) is 0. The van der Waals surface area contributed by atoms with Gasteiger partial charge in [-0.1, -0.05) is 6.07 Å². The number of rotatable bonds is 1. The summed E-state index contributed by atoms with van der Waals surface area (Å²) < 4.78 is 12.8. The van der Waals surface area contributed by atoms with Crippen LogP contribution < -0.4 is 5.32 Å². The molecule has 4 heteroatoms. The number of nitrogens with one attached hydrogen (secondary N) is 1. The second kappa shape index (κ2) is 3.21. The van der Waals surface area contributed by atoms with Crippen LogP contribution in [0.3, 0.4) is 0 Å². The van der Waals surface area contributed by atoms with Crippen LogP contribution in [-0.2, 0) is 0 Å². The maximum atomic E-state index is 12.8. The fourth-order valence-electron chi connectivity index (χ4n) is 0.850. The minimum atomic E-state index is -1.26. The normalized spacial score (nSPS) is 9.50. The summed E-state index contributed by atoms with van der Waals surface area (Å²) in [5.74, 6) is -0.567. The van der Waals surface area contributed by atoms with Crippen molar-refractivity contribution < 1.29 is 14.3 Å². The molecule has 0 aliphatic heterocycles. The lowest BCUT2D eigenvalue weighted by molar-refractivity contribution is 0.209. The molecule has 1 aromatic carbocycles. The van der Waals surface area contributed by atoms with Gasteiger partial charge in [0, 0.05) is 0 Å². The Morgan fingerprint density at radius 2 is 2.25 bits per heavy atom. The van der Waals surface area contributed by atoms with Gasteiger partial charge in [-0.3, -0.25) is 5.32 Å². The summed E-state index contributed by atoms with van der Waals surface area (Å²) in [6.07, 6.45) is -1.26. The van der Waals surface area contributed by atoms with Crippen molar-refractivity contribution in [1.82, 2.24) is 0 Å². The summed E-state index contributed by atoms with van der Waals surface area (Å²) in [6.45, 7) is 1.76. The van der Waals surface area contributed by atoms with Crippen molar-refractivity contribution in [3.05, 3.63) is 29.6 Å². The van der Waals surface area contributed by atoms with E-state index >= 15 is 0 Å². The molecule has 64 valence electrons. The maximum absolute atomic E-state index is 12.8.